The monoisotopic (exact) mass is 328 g/mol. The molecule has 1 amide bonds. The maximum absolute atomic E-state index is 12.2. The smallest absolute Gasteiger partial charge is 0.241 e. The second-order valence-electron chi connectivity index (χ2n) is 6.22. The van der Waals surface area contributed by atoms with Crippen LogP contribution in [0.15, 0.2) is 36.5 Å². The molecule has 1 aliphatic heterocycles. The number of phenols is 1. The summed E-state index contributed by atoms with van der Waals surface area (Å²) in [5.74, 6) is 0.666. The normalized spacial score (nSPS) is 17.6. The molecule has 3 N–H and O–H groups in total. The minimum Gasteiger partial charge on any atom is -0.508 e. The van der Waals surface area contributed by atoms with Gasteiger partial charge in [0.1, 0.15) is 12.3 Å². The van der Waals surface area contributed by atoms with Gasteiger partial charge in [0.05, 0.1) is 0 Å². The highest BCUT2D eigenvalue weighted by molar-refractivity contribution is 5.75. The average Bonchev–Trinajstić information content (AvgIpc) is 3.05. The number of aromatic hydroxyl groups is 1. The van der Waals surface area contributed by atoms with Gasteiger partial charge < -0.3 is 15.7 Å². The second kappa shape index (κ2) is 7.97. The van der Waals surface area contributed by atoms with E-state index in [-0.39, 0.29) is 18.2 Å². The van der Waals surface area contributed by atoms with E-state index in [0.717, 1.165) is 43.6 Å². The van der Waals surface area contributed by atoms with Crippen molar-refractivity contribution in [2.75, 3.05) is 19.6 Å². The minimum absolute atomic E-state index is 0.0255. The first-order valence-electron chi connectivity index (χ1n) is 8.49. The van der Waals surface area contributed by atoms with Crippen molar-refractivity contribution in [1.82, 2.24) is 20.4 Å². The lowest BCUT2D eigenvalue weighted by Gasteiger charge is -2.23. The molecule has 128 valence electrons. The molecular weight excluding hydrogens is 304 g/mol. The van der Waals surface area contributed by atoms with E-state index in [1.54, 1.807) is 18.3 Å². The van der Waals surface area contributed by atoms with E-state index in [4.69, 9.17) is 0 Å². The zero-order valence-electron chi connectivity index (χ0n) is 13.7. The molecule has 0 saturated carbocycles. The third kappa shape index (κ3) is 4.35. The SMILES string of the molecule is O=C(Cn1nccc1[C@H]1CCCNC1)NCCc1ccc(O)cc1. The summed E-state index contributed by atoms with van der Waals surface area (Å²) in [5, 5.41) is 19.9. The van der Waals surface area contributed by atoms with Gasteiger partial charge in [-0.05, 0) is 49.6 Å². The number of nitrogens with one attached hydrogen (secondary N) is 2. The molecule has 0 bridgehead atoms. The van der Waals surface area contributed by atoms with E-state index in [2.05, 4.69) is 15.7 Å². The maximum atomic E-state index is 12.2. The molecule has 3 rings (SSSR count). The van der Waals surface area contributed by atoms with Crippen LogP contribution in [0.3, 0.4) is 0 Å². The molecule has 1 aromatic carbocycles. The van der Waals surface area contributed by atoms with E-state index < -0.39 is 0 Å². The summed E-state index contributed by atoms with van der Waals surface area (Å²) in [5.41, 5.74) is 2.22. The Kier molecular flexibility index (Phi) is 5.48. The van der Waals surface area contributed by atoms with Crippen molar-refractivity contribution in [2.45, 2.75) is 31.7 Å². The van der Waals surface area contributed by atoms with Crippen LogP contribution in [-0.2, 0) is 17.8 Å². The molecule has 0 unspecified atom stereocenters. The molecule has 0 spiro atoms. The summed E-state index contributed by atoms with van der Waals surface area (Å²) in [6.07, 6.45) is 4.81. The van der Waals surface area contributed by atoms with Crippen LogP contribution in [0, 0.1) is 0 Å². The van der Waals surface area contributed by atoms with Gasteiger partial charge in [-0.3, -0.25) is 9.48 Å². The molecule has 1 fully saturated rings. The summed E-state index contributed by atoms with van der Waals surface area (Å²) >= 11 is 0. The molecule has 6 heteroatoms. The van der Waals surface area contributed by atoms with Crippen LogP contribution in [0.25, 0.3) is 0 Å². The van der Waals surface area contributed by atoms with Gasteiger partial charge in [0, 0.05) is 30.9 Å². The van der Waals surface area contributed by atoms with E-state index in [1.807, 2.05) is 22.9 Å². The van der Waals surface area contributed by atoms with Gasteiger partial charge in [-0.1, -0.05) is 12.1 Å². The number of nitrogens with zero attached hydrogens (tertiary/aromatic N) is 2. The summed E-state index contributed by atoms with van der Waals surface area (Å²) in [7, 11) is 0. The number of amides is 1. The van der Waals surface area contributed by atoms with Crippen molar-refractivity contribution in [3.05, 3.63) is 47.8 Å². The van der Waals surface area contributed by atoms with Crippen molar-refractivity contribution >= 4 is 5.91 Å². The fourth-order valence-electron chi connectivity index (χ4n) is 3.13. The lowest BCUT2D eigenvalue weighted by atomic mass is 9.96. The molecule has 1 atom stereocenters. The number of hydrogen-bond acceptors (Lipinski definition) is 4. The molecule has 2 aromatic rings. The molecule has 1 aliphatic rings. The lowest BCUT2D eigenvalue weighted by Crippen LogP contribution is -2.33. The van der Waals surface area contributed by atoms with Crippen molar-refractivity contribution in [2.24, 2.45) is 0 Å². The Bertz CT molecular complexity index is 660. The highest BCUT2D eigenvalue weighted by atomic mass is 16.3. The van der Waals surface area contributed by atoms with E-state index in [0.29, 0.717) is 12.5 Å². The third-order valence-corrected chi connectivity index (χ3v) is 4.43. The molecule has 0 radical (unpaired) electrons. The molecule has 1 saturated heterocycles. The van der Waals surface area contributed by atoms with E-state index >= 15 is 0 Å². The Balaban J connectivity index is 1.48. The molecule has 6 nitrogen and oxygen atoms in total. The number of phenolic OH excluding ortho intramolecular Hbond substituents is 1. The van der Waals surface area contributed by atoms with Crippen molar-refractivity contribution in [3.8, 4) is 5.75 Å². The highest BCUT2D eigenvalue weighted by Crippen LogP contribution is 2.22. The maximum Gasteiger partial charge on any atom is 0.241 e. The van der Waals surface area contributed by atoms with Gasteiger partial charge in [-0.25, -0.2) is 0 Å². The van der Waals surface area contributed by atoms with Gasteiger partial charge >= 0.3 is 0 Å². The van der Waals surface area contributed by atoms with E-state index in [9.17, 15) is 9.90 Å². The molecule has 0 aliphatic carbocycles. The predicted molar refractivity (Wildman–Crippen MR) is 91.9 cm³/mol. The standard InChI is InChI=1S/C18H24N4O2/c23-16-5-3-14(4-6-16)7-10-20-18(24)13-22-17(8-11-21-22)15-2-1-9-19-12-15/h3-6,8,11,15,19,23H,1-2,7,9-10,12-13H2,(H,20,24)/t15-/m0/s1. The quantitative estimate of drug-likeness (QED) is 0.749. The van der Waals surface area contributed by atoms with Crippen LogP contribution in [0.1, 0.15) is 30.0 Å². The average molecular weight is 328 g/mol. The number of piperidine rings is 1. The molecular formula is C18H24N4O2. The van der Waals surface area contributed by atoms with Gasteiger partial charge in [0.2, 0.25) is 5.91 Å². The minimum atomic E-state index is -0.0255. The van der Waals surface area contributed by atoms with Crippen molar-refractivity contribution < 1.29 is 9.90 Å². The van der Waals surface area contributed by atoms with Crippen molar-refractivity contribution in [1.29, 1.82) is 0 Å². The number of aromatic nitrogens is 2. The number of carbonyl (C=O) groups is 1. The number of benzene rings is 1. The molecule has 2 heterocycles. The Morgan fingerprint density at radius 3 is 2.92 bits per heavy atom. The fourth-order valence-corrected chi connectivity index (χ4v) is 3.13. The topological polar surface area (TPSA) is 79.2 Å². The predicted octanol–water partition coefficient (Wildman–Crippen LogP) is 1.41. The zero-order chi connectivity index (χ0) is 16.8. The fraction of sp³-hybridized carbons (Fsp3) is 0.444. The first-order valence-corrected chi connectivity index (χ1v) is 8.49. The van der Waals surface area contributed by atoms with Gasteiger partial charge in [0.25, 0.3) is 0 Å². The summed E-state index contributed by atoms with van der Waals surface area (Å²) in [6, 6.07) is 9.06. The third-order valence-electron chi connectivity index (χ3n) is 4.43. The van der Waals surface area contributed by atoms with Gasteiger partial charge in [0.15, 0.2) is 0 Å². The van der Waals surface area contributed by atoms with Crippen LogP contribution in [0.4, 0.5) is 0 Å². The van der Waals surface area contributed by atoms with Gasteiger partial charge in [-0.15, -0.1) is 0 Å². The van der Waals surface area contributed by atoms with E-state index in [1.165, 1.54) is 0 Å². The van der Waals surface area contributed by atoms with Gasteiger partial charge in [-0.2, -0.15) is 5.10 Å². The van der Waals surface area contributed by atoms with Crippen LogP contribution in [0.5, 0.6) is 5.75 Å². The summed E-state index contributed by atoms with van der Waals surface area (Å²) in [4.78, 5) is 12.2. The number of rotatable bonds is 6. The Morgan fingerprint density at radius 1 is 1.33 bits per heavy atom. The highest BCUT2D eigenvalue weighted by Gasteiger charge is 2.19. The lowest BCUT2D eigenvalue weighted by molar-refractivity contribution is -0.121. The largest absolute Gasteiger partial charge is 0.508 e. The second-order valence-corrected chi connectivity index (χ2v) is 6.22. The molecule has 24 heavy (non-hydrogen) atoms. The summed E-state index contributed by atoms with van der Waals surface area (Å²) in [6.45, 7) is 2.86. The first kappa shape index (κ1) is 16.5. The summed E-state index contributed by atoms with van der Waals surface area (Å²) < 4.78 is 1.81. The van der Waals surface area contributed by atoms with Crippen LogP contribution in [-0.4, -0.2) is 40.4 Å². The molecule has 1 aromatic heterocycles. The van der Waals surface area contributed by atoms with Crippen LogP contribution >= 0.6 is 0 Å². The van der Waals surface area contributed by atoms with Crippen molar-refractivity contribution in [3.63, 3.8) is 0 Å². The number of carbonyl (C=O) groups excluding carboxylic acids is 1. The Morgan fingerprint density at radius 2 is 2.17 bits per heavy atom. The van der Waals surface area contributed by atoms with Crippen LogP contribution in [0.2, 0.25) is 0 Å². The Hall–Kier alpha value is -2.34. The first-order chi connectivity index (χ1) is 11.7. The van der Waals surface area contributed by atoms with Crippen LogP contribution < -0.4 is 10.6 Å². The Labute approximate surface area is 141 Å². The number of hydrogen-bond donors (Lipinski definition) is 3. The zero-order valence-corrected chi connectivity index (χ0v) is 13.7.